The molecule has 12 nitrogen and oxygen atoms in total. The van der Waals surface area contributed by atoms with Gasteiger partial charge in [-0.3, -0.25) is 41.4 Å². The van der Waals surface area contributed by atoms with E-state index in [1.807, 2.05) is 18.2 Å². The SMILES string of the molecule is COc1ccccc1C(=O)NNc1ncnc(NNC(=O)c2cccc3ccccc23)c1[N+](=O)[O-]. The van der Waals surface area contributed by atoms with Crippen LogP contribution in [-0.2, 0) is 0 Å². The molecule has 4 rings (SSSR count). The van der Waals surface area contributed by atoms with Gasteiger partial charge in [0.05, 0.1) is 17.6 Å². The Hall–Kier alpha value is -5.26. The number of hydrazine groups is 2. The van der Waals surface area contributed by atoms with Crippen LogP contribution in [0.4, 0.5) is 17.3 Å². The van der Waals surface area contributed by atoms with E-state index < -0.39 is 22.4 Å². The number of nitrogens with one attached hydrogen (secondary N) is 4. The van der Waals surface area contributed by atoms with Crippen molar-refractivity contribution in [2.75, 3.05) is 18.0 Å². The van der Waals surface area contributed by atoms with E-state index in [0.29, 0.717) is 16.7 Å². The Morgan fingerprint density at radius 2 is 1.40 bits per heavy atom. The number of rotatable bonds is 8. The van der Waals surface area contributed by atoms with Crippen molar-refractivity contribution in [2.24, 2.45) is 0 Å². The van der Waals surface area contributed by atoms with Gasteiger partial charge in [0.2, 0.25) is 11.6 Å². The van der Waals surface area contributed by atoms with E-state index in [2.05, 4.69) is 31.7 Å². The highest BCUT2D eigenvalue weighted by molar-refractivity contribution is 6.07. The average molecular weight is 473 g/mol. The van der Waals surface area contributed by atoms with Gasteiger partial charge in [-0.1, -0.05) is 48.5 Å². The standard InChI is InChI=1S/C23H19N7O5/c1-35-18-12-5-4-10-17(18)23(32)29-27-21-19(30(33)34)20(24-13-25-21)26-28-22(31)16-11-6-8-14-7-2-3-9-15(14)16/h2-13H,1H3,(H,28,31)(H,29,32)(H2,24,25,26,27). The number of aromatic nitrogens is 2. The number of hydrogen-bond acceptors (Lipinski definition) is 9. The summed E-state index contributed by atoms with van der Waals surface area (Å²) in [5, 5.41) is 13.3. The van der Waals surface area contributed by atoms with Crippen LogP contribution in [0.2, 0.25) is 0 Å². The lowest BCUT2D eigenvalue weighted by Gasteiger charge is -2.13. The van der Waals surface area contributed by atoms with Gasteiger partial charge in [-0.25, -0.2) is 9.97 Å². The zero-order chi connectivity index (χ0) is 24.8. The summed E-state index contributed by atoms with van der Waals surface area (Å²) in [5.41, 5.74) is 9.65. The molecular formula is C23H19N7O5. The molecule has 12 heteroatoms. The van der Waals surface area contributed by atoms with Crippen LogP contribution in [0.25, 0.3) is 10.8 Å². The number of benzene rings is 3. The van der Waals surface area contributed by atoms with E-state index >= 15 is 0 Å². The van der Waals surface area contributed by atoms with Crippen LogP contribution in [-0.4, -0.2) is 33.8 Å². The van der Waals surface area contributed by atoms with E-state index in [-0.39, 0.29) is 17.2 Å². The first-order valence-corrected chi connectivity index (χ1v) is 10.2. The molecule has 4 aromatic rings. The van der Waals surface area contributed by atoms with Gasteiger partial charge in [-0.05, 0) is 29.0 Å². The molecule has 0 bridgehead atoms. The fourth-order valence-corrected chi connectivity index (χ4v) is 3.36. The Labute approximate surface area is 198 Å². The first-order chi connectivity index (χ1) is 17.0. The molecule has 4 N–H and O–H groups in total. The summed E-state index contributed by atoms with van der Waals surface area (Å²) < 4.78 is 5.14. The monoisotopic (exact) mass is 473 g/mol. The van der Waals surface area contributed by atoms with Crippen LogP contribution in [0.1, 0.15) is 20.7 Å². The van der Waals surface area contributed by atoms with Crippen LogP contribution in [0.3, 0.4) is 0 Å². The van der Waals surface area contributed by atoms with Gasteiger partial charge in [0.15, 0.2) is 0 Å². The van der Waals surface area contributed by atoms with E-state index in [9.17, 15) is 19.7 Å². The number of anilines is 2. The molecular weight excluding hydrogens is 454 g/mol. The van der Waals surface area contributed by atoms with Crippen LogP contribution in [0.15, 0.2) is 73.1 Å². The number of carbonyl (C=O) groups excluding carboxylic acids is 2. The lowest BCUT2D eigenvalue weighted by molar-refractivity contribution is -0.383. The summed E-state index contributed by atoms with van der Waals surface area (Å²) in [6.07, 6.45) is 1.04. The van der Waals surface area contributed by atoms with Crippen LogP contribution < -0.4 is 26.4 Å². The molecule has 0 fully saturated rings. The Morgan fingerprint density at radius 3 is 2.09 bits per heavy atom. The highest BCUT2D eigenvalue weighted by Crippen LogP contribution is 2.28. The number of fused-ring (bicyclic) bond motifs is 1. The van der Waals surface area contributed by atoms with Gasteiger partial charge >= 0.3 is 5.69 Å². The molecule has 0 saturated carbocycles. The molecule has 0 aliphatic rings. The highest BCUT2D eigenvalue weighted by atomic mass is 16.6. The molecule has 3 aromatic carbocycles. The second kappa shape index (κ2) is 10.1. The van der Waals surface area contributed by atoms with Gasteiger partial charge in [-0.2, -0.15) is 0 Å². The maximum absolute atomic E-state index is 12.8. The summed E-state index contributed by atoms with van der Waals surface area (Å²) in [4.78, 5) is 43.9. The largest absolute Gasteiger partial charge is 0.496 e. The normalized spacial score (nSPS) is 10.3. The minimum absolute atomic E-state index is 0.208. The van der Waals surface area contributed by atoms with Crippen LogP contribution in [0, 0.1) is 10.1 Å². The van der Waals surface area contributed by atoms with Crippen molar-refractivity contribution in [3.8, 4) is 5.75 Å². The maximum Gasteiger partial charge on any atom is 0.356 e. The average Bonchev–Trinajstić information content (AvgIpc) is 2.89. The Bertz CT molecular complexity index is 1420. The number of ether oxygens (including phenoxy) is 1. The van der Waals surface area contributed by atoms with E-state index in [1.165, 1.54) is 13.2 Å². The van der Waals surface area contributed by atoms with Gasteiger partial charge in [0.1, 0.15) is 12.1 Å². The zero-order valence-corrected chi connectivity index (χ0v) is 18.3. The number of hydrogen-bond donors (Lipinski definition) is 4. The van der Waals surface area contributed by atoms with Gasteiger partial charge in [0.25, 0.3) is 11.8 Å². The minimum atomic E-state index is -0.746. The number of nitrogens with zero attached hydrogens (tertiary/aromatic N) is 3. The topological polar surface area (TPSA) is 160 Å². The van der Waals surface area contributed by atoms with Crippen molar-refractivity contribution in [3.05, 3.63) is 94.3 Å². The molecule has 0 radical (unpaired) electrons. The van der Waals surface area contributed by atoms with Crippen molar-refractivity contribution >= 4 is 39.9 Å². The fraction of sp³-hybridized carbons (Fsp3) is 0.0435. The molecule has 0 aliphatic heterocycles. The van der Waals surface area contributed by atoms with Crippen molar-refractivity contribution in [2.45, 2.75) is 0 Å². The summed E-state index contributed by atoms with van der Waals surface area (Å²) in [7, 11) is 1.42. The predicted octanol–water partition coefficient (Wildman–Crippen LogP) is 3.06. The Kier molecular flexibility index (Phi) is 6.63. The molecule has 0 aliphatic carbocycles. The van der Waals surface area contributed by atoms with Crippen molar-refractivity contribution in [1.82, 2.24) is 20.8 Å². The molecule has 1 heterocycles. The minimum Gasteiger partial charge on any atom is -0.496 e. The summed E-state index contributed by atoms with van der Waals surface area (Å²) in [6, 6.07) is 19.0. The van der Waals surface area contributed by atoms with Gasteiger partial charge in [-0.15, -0.1) is 0 Å². The predicted molar refractivity (Wildman–Crippen MR) is 128 cm³/mol. The smallest absolute Gasteiger partial charge is 0.356 e. The molecule has 176 valence electrons. The second-order valence-electron chi connectivity index (χ2n) is 7.06. The third-order valence-corrected chi connectivity index (χ3v) is 4.98. The van der Waals surface area contributed by atoms with Crippen LogP contribution in [0.5, 0.6) is 5.75 Å². The summed E-state index contributed by atoms with van der Waals surface area (Å²) >= 11 is 0. The molecule has 0 spiro atoms. The number of para-hydroxylation sites is 1. The number of methoxy groups -OCH3 is 1. The van der Waals surface area contributed by atoms with E-state index in [4.69, 9.17) is 4.74 Å². The van der Waals surface area contributed by atoms with Gasteiger partial charge < -0.3 is 4.74 Å². The van der Waals surface area contributed by atoms with Crippen molar-refractivity contribution in [1.29, 1.82) is 0 Å². The summed E-state index contributed by atoms with van der Waals surface area (Å²) in [5.74, 6) is -1.38. The third-order valence-electron chi connectivity index (χ3n) is 4.98. The first-order valence-electron chi connectivity index (χ1n) is 10.2. The Balaban J connectivity index is 1.52. The highest BCUT2D eigenvalue weighted by Gasteiger charge is 2.24. The fourth-order valence-electron chi connectivity index (χ4n) is 3.36. The van der Waals surface area contributed by atoms with E-state index in [1.54, 1.807) is 42.5 Å². The molecule has 0 atom stereocenters. The molecule has 1 aromatic heterocycles. The molecule has 0 saturated heterocycles. The maximum atomic E-state index is 12.8. The van der Waals surface area contributed by atoms with E-state index in [0.717, 1.165) is 11.7 Å². The van der Waals surface area contributed by atoms with Crippen molar-refractivity contribution in [3.63, 3.8) is 0 Å². The molecule has 2 amide bonds. The molecule has 0 unspecified atom stereocenters. The lowest BCUT2D eigenvalue weighted by atomic mass is 10.0. The number of amides is 2. The molecule has 35 heavy (non-hydrogen) atoms. The van der Waals surface area contributed by atoms with Crippen molar-refractivity contribution < 1.29 is 19.2 Å². The number of nitro groups is 1. The van der Waals surface area contributed by atoms with Crippen LogP contribution >= 0.6 is 0 Å². The quantitative estimate of drug-likeness (QED) is 0.223. The first kappa shape index (κ1) is 22.9. The summed E-state index contributed by atoms with van der Waals surface area (Å²) in [6.45, 7) is 0. The Morgan fingerprint density at radius 1 is 0.829 bits per heavy atom. The lowest BCUT2D eigenvalue weighted by Crippen LogP contribution is -2.32. The number of carbonyl (C=O) groups is 2. The second-order valence-corrected chi connectivity index (χ2v) is 7.06. The zero-order valence-electron chi connectivity index (χ0n) is 18.3. The third kappa shape index (κ3) is 4.90. The van der Waals surface area contributed by atoms with Gasteiger partial charge in [0, 0.05) is 5.56 Å².